The number of nitrogens with one attached hydrogen (secondary N) is 1. The highest BCUT2D eigenvalue weighted by atomic mass is 16.5. The van der Waals surface area contributed by atoms with Crippen molar-refractivity contribution >= 4 is 17.8 Å². The smallest absolute Gasteiger partial charge is 0.343 e. The van der Waals surface area contributed by atoms with Crippen molar-refractivity contribution in [3.8, 4) is 17.2 Å². The minimum absolute atomic E-state index is 0.118. The van der Waals surface area contributed by atoms with Gasteiger partial charge in [-0.1, -0.05) is 56.0 Å². The Morgan fingerprint density at radius 1 is 0.698 bits per heavy atom. The zero-order chi connectivity index (χ0) is 31.1. The summed E-state index contributed by atoms with van der Waals surface area (Å²) in [5, 5.41) is 3.15. The molecule has 0 heterocycles. The SMILES string of the molecule is CC(=O)Oc1ccc(C(=O)Oc2ccc(OCCCCCCCCNC(=O)C(Cc3ccccc3)[N+](C)(C)C)cc2)cc1. The Balaban J connectivity index is 1.24. The summed E-state index contributed by atoms with van der Waals surface area (Å²) in [5.41, 5.74) is 1.54. The van der Waals surface area contributed by atoms with E-state index < -0.39 is 11.9 Å². The van der Waals surface area contributed by atoms with Gasteiger partial charge >= 0.3 is 11.9 Å². The molecule has 0 saturated carbocycles. The van der Waals surface area contributed by atoms with Crippen LogP contribution in [-0.2, 0) is 16.0 Å². The number of amides is 1. The highest BCUT2D eigenvalue weighted by Crippen LogP contribution is 2.20. The van der Waals surface area contributed by atoms with Crippen LogP contribution < -0.4 is 19.5 Å². The van der Waals surface area contributed by atoms with E-state index in [4.69, 9.17) is 14.2 Å². The van der Waals surface area contributed by atoms with E-state index in [9.17, 15) is 14.4 Å². The van der Waals surface area contributed by atoms with Gasteiger partial charge in [-0.05, 0) is 66.9 Å². The standard InChI is InChI=1S/C35H44N2O6/c1-27(38)42-31-18-16-29(17-19-31)35(40)43-32-22-20-30(21-23-32)41-25-13-8-6-5-7-12-24-36-34(39)33(37(2,3)4)26-28-14-10-9-11-15-28/h9-11,14-23,33H,5-8,12-13,24-26H2,1-4H3/p+1. The van der Waals surface area contributed by atoms with E-state index in [0.717, 1.165) is 50.7 Å². The predicted molar refractivity (Wildman–Crippen MR) is 167 cm³/mol. The fraction of sp³-hybridized carbons (Fsp3) is 0.400. The summed E-state index contributed by atoms with van der Waals surface area (Å²) in [7, 11) is 6.21. The Bertz CT molecular complexity index is 1280. The lowest BCUT2D eigenvalue weighted by Crippen LogP contribution is -2.55. The molecular weight excluding hydrogens is 544 g/mol. The number of rotatable bonds is 17. The molecular formula is C35H45N2O6+. The predicted octanol–water partition coefficient (Wildman–Crippen LogP) is 5.98. The number of carbonyl (C=O) groups is 3. The molecule has 1 amide bonds. The number of nitrogens with zero attached hydrogens (tertiary/aromatic N) is 1. The number of hydrogen-bond acceptors (Lipinski definition) is 6. The minimum atomic E-state index is -0.498. The molecule has 0 spiro atoms. The highest BCUT2D eigenvalue weighted by Gasteiger charge is 2.31. The maximum Gasteiger partial charge on any atom is 0.343 e. The van der Waals surface area contributed by atoms with Crippen molar-refractivity contribution < 1.29 is 33.1 Å². The summed E-state index contributed by atoms with van der Waals surface area (Å²) in [6.07, 6.45) is 7.10. The monoisotopic (exact) mass is 589 g/mol. The van der Waals surface area contributed by atoms with E-state index in [2.05, 4.69) is 38.6 Å². The lowest BCUT2D eigenvalue weighted by atomic mass is 10.0. The lowest BCUT2D eigenvalue weighted by molar-refractivity contribution is -0.886. The van der Waals surface area contributed by atoms with E-state index in [1.807, 2.05) is 18.2 Å². The molecule has 3 aromatic carbocycles. The van der Waals surface area contributed by atoms with E-state index in [-0.39, 0.29) is 11.9 Å². The van der Waals surface area contributed by atoms with Crippen LogP contribution in [0.2, 0.25) is 0 Å². The zero-order valence-corrected chi connectivity index (χ0v) is 25.8. The van der Waals surface area contributed by atoms with Crippen LogP contribution in [0.25, 0.3) is 0 Å². The van der Waals surface area contributed by atoms with Gasteiger partial charge in [0.05, 0.1) is 33.3 Å². The Kier molecular flexibility index (Phi) is 13.2. The van der Waals surface area contributed by atoms with Crippen LogP contribution in [0, 0.1) is 0 Å². The Hall–Kier alpha value is -4.17. The first-order valence-corrected chi connectivity index (χ1v) is 15.0. The number of hydrogen-bond donors (Lipinski definition) is 1. The largest absolute Gasteiger partial charge is 0.494 e. The second kappa shape index (κ2) is 17.1. The van der Waals surface area contributed by atoms with Crippen molar-refractivity contribution in [2.75, 3.05) is 34.3 Å². The van der Waals surface area contributed by atoms with E-state index in [1.165, 1.54) is 12.5 Å². The number of benzene rings is 3. The topological polar surface area (TPSA) is 90.9 Å². The molecule has 0 aliphatic heterocycles. The quantitative estimate of drug-likeness (QED) is 0.0901. The summed E-state index contributed by atoms with van der Waals surface area (Å²) in [4.78, 5) is 36.3. The third-order valence-electron chi connectivity index (χ3n) is 7.03. The van der Waals surface area contributed by atoms with Gasteiger partial charge in [0, 0.05) is 19.9 Å². The lowest BCUT2D eigenvalue weighted by Gasteiger charge is -2.33. The average molecular weight is 590 g/mol. The van der Waals surface area contributed by atoms with Crippen LogP contribution >= 0.6 is 0 Å². The maximum atomic E-state index is 12.9. The molecule has 0 fully saturated rings. The first-order valence-electron chi connectivity index (χ1n) is 15.0. The summed E-state index contributed by atoms with van der Waals surface area (Å²) in [6.45, 7) is 2.65. The fourth-order valence-electron chi connectivity index (χ4n) is 4.60. The molecule has 0 aliphatic rings. The molecule has 0 saturated heterocycles. The van der Waals surface area contributed by atoms with Gasteiger partial charge in [-0.2, -0.15) is 0 Å². The highest BCUT2D eigenvalue weighted by molar-refractivity contribution is 5.91. The number of quaternary nitrogens is 1. The number of esters is 2. The van der Waals surface area contributed by atoms with Crippen LogP contribution in [0.5, 0.6) is 17.2 Å². The Morgan fingerprint density at radius 3 is 1.88 bits per heavy atom. The second-order valence-electron chi connectivity index (χ2n) is 11.6. The summed E-state index contributed by atoms with van der Waals surface area (Å²) >= 11 is 0. The molecule has 0 bridgehead atoms. The van der Waals surface area contributed by atoms with Gasteiger partial charge in [-0.25, -0.2) is 4.79 Å². The first-order chi connectivity index (χ1) is 20.6. The van der Waals surface area contributed by atoms with Crippen molar-refractivity contribution in [1.82, 2.24) is 5.32 Å². The van der Waals surface area contributed by atoms with Crippen molar-refractivity contribution in [2.45, 2.75) is 57.9 Å². The van der Waals surface area contributed by atoms with Gasteiger partial charge in [-0.3, -0.25) is 9.59 Å². The zero-order valence-electron chi connectivity index (χ0n) is 25.8. The third-order valence-corrected chi connectivity index (χ3v) is 7.03. The summed E-state index contributed by atoms with van der Waals surface area (Å²) < 4.78 is 16.8. The molecule has 0 aromatic heterocycles. The molecule has 8 nitrogen and oxygen atoms in total. The fourth-order valence-corrected chi connectivity index (χ4v) is 4.60. The normalized spacial score (nSPS) is 11.8. The van der Waals surface area contributed by atoms with Crippen LogP contribution in [-0.4, -0.2) is 62.7 Å². The molecule has 8 heteroatoms. The number of carbonyl (C=O) groups excluding carboxylic acids is 3. The van der Waals surface area contributed by atoms with Crippen molar-refractivity contribution in [3.05, 3.63) is 90.0 Å². The van der Waals surface area contributed by atoms with Crippen LogP contribution in [0.15, 0.2) is 78.9 Å². The maximum absolute atomic E-state index is 12.9. The molecule has 3 aromatic rings. The molecule has 1 atom stereocenters. The van der Waals surface area contributed by atoms with Gasteiger partial charge in [0.2, 0.25) is 0 Å². The third kappa shape index (κ3) is 12.3. The van der Waals surface area contributed by atoms with E-state index in [0.29, 0.717) is 34.7 Å². The van der Waals surface area contributed by atoms with Crippen LogP contribution in [0.4, 0.5) is 0 Å². The molecule has 0 aliphatic carbocycles. The number of unbranched alkanes of at least 4 members (excludes halogenated alkanes) is 5. The summed E-state index contributed by atoms with van der Waals surface area (Å²) in [5.74, 6) is 0.710. The number of ether oxygens (including phenoxy) is 3. The molecule has 0 radical (unpaired) electrons. The molecule has 230 valence electrons. The van der Waals surface area contributed by atoms with Crippen molar-refractivity contribution in [3.63, 3.8) is 0 Å². The van der Waals surface area contributed by atoms with Gasteiger partial charge in [-0.15, -0.1) is 0 Å². The minimum Gasteiger partial charge on any atom is -0.494 e. The van der Waals surface area contributed by atoms with Crippen molar-refractivity contribution in [2.24, 2.45) is 0 Å². The van der Waals surface area contributed by atoms with Gasteiger partial charge < -0.3 is 24.0 Å². The molecule has 43 heavy (non-hydrogen) atoms. The molecule has 1 unspecified atom stereocenters. The van der Waals surface area contributed by atoms with Crippen LogP contribution in [0.3, 0.4) is 0 Å². The van der Waals surface area contributed by atoms with Crippen molar-refractivity contribution in [1.29, 1.82) is 0 Å². The Labute approximate surface area is 255 Å². The number of likely N-dealkylation sites (N-methyl/N-ethyl adjacent to an activating group) is 1. The van der Waals surface area contributed by atoms with E-state index >= 15 is 0 Å². The summed E-state index contributed by atoms with van der Waals surface area (Å²) in [6, 6.07) is 23.2. The Morgan fingerprint density at radius 2 is 1.26 bits per heavy atom. The first kappa shape index (κ1) is 33.3. The second-order valence-corrected chi connectivity index (χ2v) is 11.6. The average Bonchev–Trinajstić information content (AvgIpc) is 2.97. The van der Waals surface area contributed by atoms with Gasteiger partial charge in [0.25, 0.3) is 5.91 Å². The molecule has 1 N–H and O–H groups in total. The van der Waals surface area contributed by atoms with E-state index in [1.54, 1.807) is 48.5 Å². The van der Waals surface area contributed by atoms with Gasteiger partial charge in [0.1, 0.15) is 17.2 Å². The molecule has 3 rings (SSSR count). The van der Waals surface area contributed by atoms with Crippen LogP contribution in [0.1, 0.15) is 61.4 Å². The van der Waals surface area contributed by atoms with Gasteiger partial charge in [0.15, 0.2) is 6.04 Å².